The van der Waals surface area contributed by atoms with E-state index in [0.717, 1.165) is 0 Å². The first-order valence-corrected chi connectivity index (χ1v) is 5.00. The van der Waals surface area contributed by atoms with Crippen molar-refractivity contribution in [1.29, 1.82) is 0 Å². The largest absolute Gasteiger partial charge is 0.456 e. The number of nitrogens with zero attached hydrogens (tertiary/aromatic N) is 2. The van der Waals surface area contributed by atoms with Crippen LogP contribution in [0.25, 0.3) is 21.9 Å². The molecule has 3 aromatic rings. The van der Waals surface area contributed by atoms with Crippen molar-refractivity contribution >= 4 is 45.1 Å². The van der Waals surface area contributed by atoms with Crippen molar-refractivity contribution in [1.82, 2.24) is 9.97 Å². The van der Waals surface area contributed by atoms with Gasteiger partial charge in [0.2, 0.25) is 0 Å². The lowest BCUT2D eigenvalue weighted by Crippen LogP contribution is -1.77. The summed E-state index contributed by atoms with van der Waals surface area (Å²) in [6.45, 7) is 0. The average molecular weight is 239 g/mol. The summed E-state index contributed by atoms with van der Waals surface area (Å²) in [5.74, 6) is 0. The summed E-state index contributed by atoms with van der Waals surface area (Å²) in [4.78, 5) is 7.98. The molecule has 5 heteroatoms. The maximum atomic E-state index is 5.99. The van der Waals surface area contributed by atoms with Crippen molar-refractivity contribution in [3.8, 4) is 0 Å². The fraction of sp³-hybridized carbons (Fsp3) is 0. The van der Waals surface area contributed by atoms with Gasteiger partial charge in [-0.25, -0.2) is 9.97 Å². The third-order valence-corrected chi connectivity index (χ3v) is 2.78. The van der Waals surface area contributed by atoms with Crippen molar-refractivity contribution in [3.63, 3.8) is 0 Å². The maximum Gasteiger partial charge on any atom is 0.140 e. The summed E-state index contributed by atoms with van der Waals surface area (Å²) in [6.07, 6.45) is 3.18. The highest BCUT2D eigenvalue weighted by atomic mass is 35.5. The second kappa shape index (κ2) is 3.08. The van der Waals surface area contributed by atoms with E-state index in [1.165, 1.54) is 0 Å². The summed E-state index contributed by atoms with van der Waals surface area (Å²) in [6, 6.07) is 3.50. The lowest BCUT2D eigenvalue weighted by Gasteiger charge is -1.92. The average Bonchev–Trinajstić information content (AvgIpc) is 2.58. The Kier molecular flexibility index (Phi) is 1.84. The van der Waals surface area contributed by atoms with Gasteiger partial charge in [-0.1, -0.05) is 23.2 Å². The van der Waals surface area contributed by atoms with Gasteiger partial charge in [0.25, 0.3) is 0 Å². The minimum Gasteiger partial charge on any atom is -0.456 e. The number of furan rings is 1. The highest BCUT2D eigenvalue weighted by Crippen LogP contribution is 2.35. The van der Waals surface area contributed by atoms with Crippen molar-refractivity contribution in [2.45, 2.75) is 0 Å². The van der Waals surface area contributed by atoms with E-state index in [1.807, 2.05) is 0 Å². The monoisotopic (exact) mass is 238 g/mol. The fourth-order valence-corrected chi connectivity index (χ4v) is 2.07. The fourth-order valence-electron chi connectivity index (χ4n) is 1.58. The quantitative estimate of drug-likeness (QED) is 0.561. The summed E-state index contributed by atoms with van der Waals surface area (Å²) in [5.41, 5.74) is 1.33. The van der Waals surface area contributed by atoms with Crippen LogP contribution in [0.15, 0.2) is 28.9 Å². The Morgan fingerprint density at radius 2 is 1.33 bits per heavy atom. The molecule has 0 fully saturated rings. The van der Waals surface area contributed by atoms with Gasteiger partial charge in [-0.2, -0.15) is 0 Å². The molecular formula is C10H4Cl2N2O. The van der Waals surface area contributed by atoms with Crippen LogP contribution in [-0.4, -0.2) is 9.97 Å². The van der Waals surface area contributed by atoms with Crippen LogP contribution in [0.2, 0.25) is 10.3 Å². The number of rotatable bonds is 0. The van der Waals surface area contributed by atoms with E-state index in [2.05, 4.69) is 9.97 Å². The number of halogens is 2. The molecule has 0 radical (unpaired) electrons. The molecule has 0 saturated carbocycles. The van der Waals surface area contributed by atoms with Crippen LogP contribution in [0.1, 0.15) is 0 Å². The standard InChI is InChI=1S/C10H4Cl2N2O/c11-9-7-5(1-3-13-9)15-6-2-4-14-10(12)8(6)7/h1-4H. The van der Waals surface area contributed by atoms with Gasteiger partial charge in [-0.3, -0.25) is 0 Å². The second-order valence-corrected chi connectivity index (χ2v) is 3.77. The van der Waals surface area contributed by atoms with Crippen LogP contribution < -0.4 is 0 Å². The van der Waals surface area contributed by atoms with E-state index in [0.29, 0.717) is 32.2 Å². The summed E-state index contributed by atoms with van der Waals surface area (Å²) >= 11 is 12.0. The van der Waals surface area contributed by atoms with Gasteiger partial charge in [0, 0.05) is 12.4 Å². The molecule has 0 unspecified atom stereocenters. The molecule has 74 valence electrons. The molecule has 0 amide bonds. The van der Waals surface area contributed by atoms with Crippen LogP contribution >= 0.6 is 23.2 Å². The summed E-state index contributed by atoms with van der Waals surface area (Å²) in [5, 5.41) is 2.18. The highest BCUT2D eigenvalue weighted by Gasteiger charge is 2.13. The van der Waals surface area contributed by atoms with E-state index in [9.17, 15) is 0 Å². The second-order valence-electron chi connectivity index (χ2n) is 3.05. The SMILES string of the molecule is Clc1nccc2oc3ccnc(Cl)c3c12. The topological polar surface area (TPSA) is 38.9 Å². The molecule has 0 bridgehead atoms. The van der Waals surface area contributed by atoms with E-state index < -0.39 is 0 Å². The van der Waals surface area contributed by atoms with Crippen molar-refractivity contribution in [2.75, 3.05) is 0 Å². The molecule has 15 heavy (non-hydrogen) atoms. The normalized spacial score (nSPS) is 11.3. The zero-order chi connectivity index (χ0) is 10.4. The molecule has 0 saturated heterocycles. The summed E-state index contributed by atoms with van der Waals surface area (Å²) < 4.78 is 5.57. The van der Waals surface area contributed by atoms with Crippen molar-refractivity contribution < 1.29 is 4.42 Å². The van der Waals surface area contributed by atoms with E-state index in [1.54, 1.807) is 24.5 Å². The first-order chi connectivity index (χ1) is 7.27. The van der Waals surface area contributed by atoms with Gasteiger partial charge in [0.1, 0.15) is 21.5 Å². The maximum absolute atomic E-state index is 5.99. The molecule has 0 aliphatic heterocycles. The molecule has 3 nitrogen and oxygen atoms in total. The molecule has 0 atom stereocenters. The van der Waals surface area contributed by atoms with E-state index in [-0.39, 0.29) is 0 Å². The van der Waals surface area contributed by atoms with E-state index in [4.69, 9.17) is 27.6 Å². The highest BCUT2D eigenvalue weighted by molar-refractivity contribution is 6.41. The minimum absolute atomic E-state index is 0.376. The number of pyridine rings is 2. The van der Waals surface area contributed by atoms with Gasteiger partial charge >= 0.3 is 0 Å². The van der Waals surface area contributed by atoms with Gasteiger partial charge in [-0.15, -0.1) is 0 Å². The molecule has 0 spiro atoms. The van der Waals surface area contributed by atoms with Gasteiger partial charge in [0.05, 0.1) is 10.8 Å². The Bertz CT molecular complexity index is 607. The van der Waals surface area contributed by atoms with Crippen LogP contribution in [0.3, 0.4) is 0 Å². The lowest BCUT2D eigenvalue weighted by molar-refractivity contribution is 0.668. The van der Waals surface area contributed by atoms with Crippen LogP contribution in [0, 0.1) is 0 Å². The Labute approximate surface area is 94.6 Å². The third kappa shape index (κ3) is 1.20. The molecule has 3 rings (SSSR count). The Morgan fingerprint density at radius 1 is 0.867 bits per heavy atom. The Balaban J connectivity index is 2.67. The molecule has 0 aliphatic carbocycles. The molecule has 3 aromatic heterocycles. The first kappa shape index (κ1) is 8.95. The molecular weight excluding hydrogens is 235 g/mol. The minimum atomic E-state index is 0.376. The Morgan fingerprint density at radius 3 is 1.80 bits per heavy atom. The van der Waals surface area contributed by atoms with Gasteiger partial charge in [-0.05, 0) is 12.1 Å². The predicted octanol–water partition coefficient (Wildman–Crippen LogP) is 3.68. The lowest BCUT2D eigenvalue weighted by atomic mass is 10.2. The number of hydrogen-bond acceptors (Lipinski definition) is 3. The zero-order valence-corrected chi connectivity index (χ0v) is 8.88. The third-order valence-electron chi connectivity index (χ3n) is 2.20. The number of hydrogen-bond donors (Lipinski definition) is 0. The number of fused-ring (bicyclic) bond motifs is 3. The predicted molar refractivity (Wildman–Crippen MR) is 59.3 cm³/mol. The van der Waals surface area contributed by atoms with Gasteiger partial charge < -0.3 is 4.42 Å². The molecule has 3 heterocycles. The van der Waals surface area contributed by atoms with Crippen LogP contribution in [0.5, 0.6) is 0 Å². The smallest absolute Gasteiger partial charge is 0.140 e. The van der Waals surface area contributed by atoms with Crippen molar-refractivity contribution in [3.05, 3.63) is 34.8 Å². The Hall–Kier alpha value is -1.32. The number of aromatic nitrogens is 2. The zero-order valence-electron chi connectivity index (χ0n) is 7.37. The van der Waals surface area contributed by atoms with Crippen LogP contribution in [-0.2, 0) is 0 Å². The first-order valence-electron chi connectivity index (χ1n) is 4.24. The van der Waals surface area contributed by atoms with Gasteiger partial charge in [0.15, 0.2) is 0 Å². The molecule has 0 N–H and O–H groups in total. The summed E-state index contributed by atoms with van der Waals surface area (Å²) in [7, 11) is 0. The molecule has 0 aromatic carbocycles. The van der Waals surface area contributed by atoms with E-state index >= 15 is 0 Å². The van der Waals surface area contributed by atoms with Crippen LogP contribution in [0.4, 0.5) is 0 Å². The molecule has 0 aliphatic rings. The van der Waals surface area contributed by atoms with Crippen molar-refractivity contribution in [2.24, 2.45) is 0 Å².